The minimum atomic E-state index is -0.625. The maximum absolute atomic E-state index is 12.5. The molecule has 0 atom stereocenters. The molecule has 2 aromatic heterocycles. The number of carbonyl (C=O) groups excluding carboxylic acids is 1. The minimum Gasteiger partial charge on any atom is -0.323 e. The number of amides is 1. The van der Waals surface area contributed by atoms with E-state index < -0.39 is 17.2 Å². The van der Waals surface area contributed by atoms with Gasteiger partial charge in [-0.05, 0) is 24.3 Å². The molecule has 2 heterocycles. The van der Waals surface area contributed by atoms with Gasteiger partial charge in [-0.2, -0.15) is 0 Å². The van der Waals surface area contributed by atoms with Crippen LogP contribution >= 0.6 is 0 Å². The van der Waals surface area contributed by atoms with Crippen molar-refractivity contribution in [2.24, 2.45) is 0 Å². The molecule has 0 saturated carbocycles. The van der Waals surface area contributed by atoms with Crippen LogP contribution in [0.15, 0.2) is 70.4 Å². The Labute approximate surface area is 146 Å². The second-order valence-electron chi connectivity index (χ2n) is 5.80. The predicted molar refractivity (Wildman–Crippen MR) is 99.2 cm³/mol. The number of pyridine rings is 1. The third-order valence-corrected chi connectivity index (χ3v) is 4.10. The van der Waals surface area contributed by atoms with E-state index in [2.05, 4.69) is 15.3 Å². The first-order chi connectivity index (χ1) is 12.6. The van der Waals surface area contributed by atoms with E-state index in [1.165, 1.54) is 0 Å². The zero-order chi connectivity index (χ0) is 18.1. The number of fused-ring (bicyclic) bond motifs is 2. The fraction of sp³-hybridized carbons (Fsp3) is 0.0526. The van der Waals surface area contributed by atoms with Crippen molar-refractivity contribution in [2.75, 3.05) is 5.32 Å². The molecule has 0 unspecified atom stereocenters. The van der Waals surface area contributed by atoms with E-state index in [1.54, 1.807) is 42.6 Å². The van der Waals surface area contributed by atoms with Crippen molar-refractivity contribution in [3.63, 3.8) is 0 Å². The van der Waals surface area contributed by atoms with E-state index in [4.69, 9.17) is 0 Å². The molecule has 128 valence electrons. The lowest BCUT2D eigenvalue weighted by Crippen LogP contribution is -2.38. The van der Waals surface area contributed by atoms with Crippen molar-refractivity contribution in [1.29, 1.82) is 0 Å². The molecule has 0 aliphatic rings. The number of aromatic nitrogens is 3. The van der Waals surface area contributed by atoms with Crippen molar-refractivity contribution in [1.82, 2.24) is 14.5 Å². The van der Waals surface area contributed by atoms with Gasteiger partial charge >= 0.3 is 5.69 Å². The van der Waals surface area contributed by atoms with Gasteiger partial charge in [-0.25, -0.2) is 4.79 Å². The highest BCUT2D eigenvalue weighted by molar-refractivity contribution is 6.00. The number of nitrogens with zero attached hydrogens (tertiary/aromatic N) is 2. The number of aromatic amines is 1. The first kappa shape index (κ1) is 15.8. The summed E-state index contributed by atoms with van der Waals surface area (Å²) >= 11 is 0. The Bertz CT molecular complexity index is 1250. The highest BCUT2D eigenvalue weighted by atomic mass is 16.2. The summed E-state index contributed by atoms with van der Waals surface area (Å²) in [5.74, 6) is -0.481. The number of nitrogens with one attached hydrogen (secondary N) is 2. The van der Waals surface area contributed by atoms with E-state index >= 15 is 0 Å². The van der Waals surface area contributed by atoms with Gasteiger partial charge < -0.3 is 10.3 Å². The Morgan fingerprint density at radius 2 is 1.85 bits per heavy atom. The smallest absolute Gasteiger partial charge is 0.323 e. The molecule has 1 amide bonds. The lowest BCUT2D eigenvalue weighted by molar-refractivity contribution is -0.116. The Morgan fingerprint density at radius 1 is 1.04 bits per heavy atom. The number of benzene rings is 2. The van der Waals surface area contributed by atoms with Crippen molar-refractivity contribution in [3.05, 3.63) is 81.6 Å². The lowest BCUT2D eigenvalue weighted by Gasteiger charge is -2.09. The van der Waals surface area contributed by atoms with Crippen LogP contribution in [0.4, 0.5) is 5.69 Å². The highest BCUT2D eigenvalue weighted by Crippen LogP contribution is 2.20. The van der Waals surface area contributed by atoms with E-state index in [-0.39, 0.29) is 6.54 Å². The second kappa shape index (κ2) is 6.29. The molecule has 7 nitrogen and oxygen atoms in total. The molecule has 0 bridgehead atoms. The van der Waals surface area contributed by atoms with Crippen LogP contribution in [0, 0.1) is 0 Å². The van der Waals surface area contributed by atoms with Crippen LogP contribution in [0.25, 0.3) is 21.8 Å². The number of anilines is 1. The zero-order valence-electron chi connectivity index (χ0n) is 13.6. The van der Waals surface area contributed by atoms with Crippen molar-refractivity contribution in [2.45, 2.75) is 6.54 Å². The molecule has 0 aliphatic carbocycles. The molecular weight excluding hydrogens is 332 g/mol. The fourth-order valence-electron chi connectivity index (χ4n) is 2.88. The summed E-state index contributed by atoms with van der Waals surface area (Å²) in [5.41, 5.74) is 0.481. The van der Waals surface area contributed by atoms with Gasteiger partial charge in [0.05, 0.1) is 22.1 Å². The van der Waals surface area contributed by atoms with Crippen LogP contribution in [0.5, 0.6) is 0 Å². The summed E-state index contributed by atoms with van der Waals surface area (Å²) in [5, 5.41) is 3.96. The maximum atomic E-state index is 12.5. The molecule has 7 heteroatoms. The van der Waals surface area contributed by atoms with Crippen molar-refractivity contribution < 1.29 is 4.79 Å². The monoisotopic (exact) mass is 346 g/mol. The number of rotatable bonds is 3. The van der Waals surface area contributed by atoms with Gasteiger partial charge in [0, 0.05) is 11.6 Å². The average molecular weight is 346 g/mol. The molecule has 4 rings (SSSR count). The molecule has 2 aromatic carbocycles. The van der Waals surface area contributed by atoms with Gasteiger partial charge in [0.1, 0.15) is 6.54 Å². The molecule has 0 fully saturated rings. The topological polar surface area (TPSA) is 96.9 Å². The van der Waals surface area contributed by atoms with Crippen LogP contribution in [0.1, 0.15) is 0 Å². The Hall–Kier alpha value is -3.74. The molecule has 0 spiro atoms. The Kier molecular flexibility index (Phi) is 3.81. The minimum absolute atomic E-state index is 0.353. The Balaban J connectivity index is 1.68. The second-order valence-corrected chi connectivity index (χ2v) is 5.80. The number of H-pyrrole nitrogens is 1. The third kappa shape index (κ3) is 2.75. The zero-order valence-corrected chi connectivity index (χ0v) is 13.6. The first-order valence-corrected chi connectivity index (χ1v) is 7.99. The Morgan fingerprint density at radius 3 is 2.73 bits per heavy atom. The summed E-state index contributed by atoms with van der Waals surface area (Å²) < 4.78 is 0.885. The van der Waals surface area contributed by atoms with Crippen molar-refractivity contribution >= 4 is 33.4 Å². The highest BCUT2D eigenvalue weighted by Gasteiger charge is 2.12. The third-order valence-electron chi connectivity index (χ3n) is 4.10. The molecule has 4 aromatic rings. The standard InChI is InChI=1S/C19H14N4O3/c24-16(21-15-9-3-5-12-6-4-10-20-17(12)15)11-23-18(25)13-7-1-2-8-14(13)22-19(23)26/h1-10H,11H2,(H,21,24)(H,22,26). The van der Waals surface area contributed by atoms with Gasteiger partial charge in [0.15, 0.2) is 0 Å². The predicted octanol–water partition coefficient (Wildman–Crippen LogP) is 1.88. The molecular formula is C19H14N4O3. The number of hydrogen-bond acceptors (Lipinski definition) is 4. The lowest BCUT2D eigenvalue weighted by atomic mass is 10.2. The molecule has 0 aliphatic heterocycles. The van der Waals surface area contributed by atoms with E-state index in [0.717, 1.165) is 9.95 Å². The van der Waals surface area contributed by atoms with E-state index in [9.17, 15) is 14.4 Å². The van der Waals surface area contributed by atoms with Crippen LogP contribution < -0.4 is 16.6 Å². The average Bonchev–Trinajstić information content (AvgIpc) is 2.65. The van der Waals surface area contributed by atoms with Crippen LogP contribution in [-0.4, -0.2) is 20.4 Å². The van der Waals surface area contributed by atoms with E-state index in [1.807, 2.05) is 18.2 Å². The number of hydrogen-bond donors (Lipinski definition) is 2. The van der Waals surface area contributed by atoms with Crippen molar-refractivity contribution in [3.8, 4) is 0 Å². The molecule has 2 N–H and O–H groups in total. The molecule has 0 radical (unpaired) electrons. The van der Waals surface area contributed by atoms with Crippen LogP contribution in [0.3, 0.4) is 0 Å². The SMILES string of the molecule is O=C(Cn1c(=O)[nH]c2ccccc2c1=O)Nc1cccc2cccnc12. The molecule has 0 saturated heterocycles. The molecule has 26 heavy (non-hydrogen) atoms. The van der Waals surface area contributed by atoms with Crippen LogP contribution in [-0.2, 0) is 11.3 Å². The quantitative estimate of drug-likeness (QED) is 0.592. The van der Waals surface area contributed by atoms with Gasteiger partial charge in [0.25, 0.3) is 5.56 Å². The van der Waals surface area contributed by atoms with E-state index in [0.29, 0.717) is 22.1 Å². The van der Waals surface area contributed by atoms with Gasteiger partial charge in [-0.15, -0.1) is 0 Å². The summed E-state index contributed by atoms with van der Waals surface area (Å²) in [4.78, 5) is 44.0. The normalized spacial score (nSPS) is 10.9. The summed E-state index contributed by atoms with van der Waals surface area (Å²) in [6.45, 7) is -0.387. The maximum Gasteiger partial charge on any atom is 0.329 e. The van der Waals surface area contributed by atoms with Gasteiger partial charge in [0.2, 0.25) is 5.91 Å². The largest absolute Gasteiger partial charge is 0.329 e. The number of carbonyl (C=O) groups is 1. The van der Waals surface area contributed by atoms with Gasteiger partial charge in [-0.1, -0.05) is 30.3 Å². The number of para-hydroxylation sites is 2. The summed E-state index contributed by atoms with van der Waals surface area (Å²) in [6, 6.07) is 15.8. The fourth-order valence-corrected chi connectivity index (χ4v) is 2.88. The summed E-state index contributed by atoms with van der Waals surface area (Å²) in [6.07, 6.45) is 1.64. The van der Waals surface area contributed by atoms with Crippen LogP contribution in [0.2, 0.25) is 0 Å². The van der Waals surface area contributed by atoms with Gasteiger partial charge in [-0.3, -0.25) is 19.1 Å². The summed E-state index contributed by atoms with van der Waals surface area (Å²) in [7, 11) is 0. The first-order valence-electron chi connectivity index (χ1n) is 7.99.